The molecule has 0 saturated carbocycles. The fraction of sp³-hybridized carbons (Fsp3) is 0.600. The van der Waals surface area contributed by atoms with Crippen LogP contribution in [0, 0.1) is 6.92 Å². The second-order valence-electron chi connectivity index (χ2n) is 2.88. The lowest BCUT2D eigenvalue weighted by molar-refractivity contribution is 0.168. The number of ether oxygens (including phenoxy) is 1. The lowest BCUT2D eigenvalue weighted by Gasteiger charge is -2.01. The summed E-state index contributed by atoms with van der Waals surface area (Å²) in [6.45, 7) is 3.68. The Morgan fingerprint density at radius 1 is 1.50 bits per heavy atom. The van der Waals surface area contributed by atoms with Crippen LogP contribution in [0.4, 0.5) is 0 Å². The van der Waals surface area contributed by atoms with E-state index >= 15 is 0 Å². The van der Waals surface area contributed by atoms with Crippen LogP contribution in [0.5, 0.6) is 0 Å². The molecule has 0 aliphatic carbocycles. The van der Waals surface area contributed by atoms with Gasteiger partial charge < -0.3 is 9.15 Å². The summed E-state index contributed by atoms with van der Waals surface area (Å²) >= 11 is 5.15. The Hall–Kier alpha value is 0.0700. The molecule has 0 aliphatic rings. The van der Waals surface area contributed by atoms with Gasteiger partial charge in [0.15, 0.2) is 0 Å². The molecule has 1 heterocycles. The fourth-order valence-electron chi connectivity index (χ4n) is 0.991. The van der Waals surface area contributed by atoms with Crippen molar-refractivity contribution >= 4 is 27.7 Å². The van der Waals surface area contributed by atoms with Crippen molar-refractivity contribution in [2.24, 2.45) is 0 Å². The maximum absolute atomic E-state index is 5.33. The van der Waals surface area contributed by atoms with E-state index in [2.05, 4.69) is 22.9 Å². The number of halogens is 1. The zero-order valence-corrected chi connectivity index (χ0v) is 10.7. The van der Waals surface area contributed by atoms with Gasteiger partial charge >= 0.3 is 0 Å². The molecule has 0 fully saturated rings. The van der Waals surface area contributed by atoms with E-state index < -0.39 is 0 Å². The van der Waals surface area contributed by atoms with E-state index in [1.165, 1.54) is 5.56 Å². The molecule has 2 nitrogen and oxygen atoms in total. The topological polar surface area (TPSA) is 22.4 Å². The number of thioether (sulfide) groups is 1. The average molecular weight is 279 g/mol. The first kappa shape index (κ1) is 12.1. The van der Waals surface area contributed by atoms with Crippen LogP contribution in [0.15, 0.2) is 16.7 Å². The molecule has 0 saturated heterocycles. The summed E-state index contributed by atoms with van der Waals surface area (Å²) in [6.07, 6.45) is 1.74. The van der Waals surface area contributed by atoms with Crippen LogP contribution >= 0.6 is 27.7 Å². The fourth-order valence-corrected chi connectivity index (χ4v) is 2.08. The van der Waals surface area contributed by atoms with Crippen LogP contribution in [0.2, 0.25) is 0 Å². The van der Waals surface area contributed by atoms with Gasteiger partial charge in [0, 0.05) is 11.1 Å². The van der Waals surface area contributed by atoms with Gasteiger partial charge in [-0.2, -0.15) is 11.8 Å². The van der Waals surface area contributed by atoms with Gasteiger partial charge in [0.2, 0.25) is 0 Å². The van der Waals surface area contributed by atoms with Crippen molar-refractivity contribution in [2.45, 2.75) is 12.7 Å². The monoisotopic (exact) mass is 278 g/mol. The Labute approximate surface area is 97.5 Å². The van der Waals surface area contributed by atoms with E-state index in [4.69, 9.17) is 9.15 Å². The maximum atomic E-state index is 5.33. The summed E-state index contributed by atoms with van der Waals surface area (Å²) in [4.78, 5) is 0. The predicted octanol–water partition coefficient (Wildman–Crippen LogP) is 3.23. The Bertz CT molecular complexity index is 250. The zero-order chi connectivity index (χ0) is 10.2. The second-order valence-corrected chi connectivity index (χ2v) is 4.78. The van der Waals surface area contributed by atoms with Crippen LogP contribution in [-0.2, 0) is 10.5 Å². The highest BCUT2D eigenvalue weighted by atomic mass is 79.9. The van der Waals surface area contributed by atoms with Gasteiger partial charge in [0.05, 0.1) is 25.2 Å². The number of alkyl halides is 1. The van der Waals surface area contributed by atoms with Crippen molar-refractivity contribution in [1.82, 2.24) is 0 Å². The molecule has 0 amide bonds. The Balaban J connectivity index is 2.02. The Kier molecular flexibility index (Phi) is 6.39. The van der Waals surface area contributed by atoms with E-state index in [1.54, 1.807) is 6.26 Å². The number of hydrogen-bond acceptors (Lipinski definition) is 3. The molecular weight excluding hydrogens is 264 g/mol. The number of aryl methyl sites for hydroxylation is 1. The molecule has 0 aromatic carbocycles. The third-order valence-corrected chi connectivity index (χ3v) is 3.04. The highest BCUT2D eigenvalue weighted by Crippen LogP contribution is 2.16. The standard InChI is InChI=1S/C10H15BrO2S/c1-9-2-4-13-10(9)8-14-7-6-12-5-3-11/h2,4H,3,5-8H2,1H3. The molecule has 14 heavy (non-hydrogen) atoms. The van der Waals surface area contributed by atoms with Gasteiger partial charge in [0.25, 0.3) is 0 Å². The lowest BCUT2D eigenvalue weighted by Crippen LogP contribution is -1.99. The second kappa shape index (κ2) is 7.37. The Morgan fingerprint density at radius 2 is 2.36 bits per heavy atom. The van der Waals surface area contributed by atoms with Crippen molar-refractivity contribution in [2.75, 3.05) is 24.3 Å². The van der Waals surface area contributed by atoms with E-state index in [-0.39, 0.29) is 0 Å². The highest BCUT2D eigenvalue weighted by Gasteiger charge is 2.00. The molecule has 1 rings (SSSR count). The smallest absolute Gasteiger partial charge is 0.116 e. The van der Waals surface area contributed by atoms with Crippen molar-refractivity contribution in [3.63, 3.8) is 0 Å². The van der Waals surface area contributed by atoms with Gasteiger partial charge in [0.1, 0.15) is 5.76 Å². The summed E-state index contributed by atoms with van der Waals surface area (Å²) in [7, 11) is 0. The molecule has 0 bridgehead atoms. The molecule has 0 unspecified atom stereocenters. The molecule has 0 radical (unpaired) electrons. The van der Waals surface area contributed by atoms with E-state index in [0.717, 1.165) is 35.8 Å². The lowest BCUT2D eigenvalue weighted by atomic mass is 10.3. The van der Waals surface area contributed by atoms with Crippen LogP contribution < -0.4 is 0 Å². The van der Waals surface area contributed by atoms with Crippen LogP contribution in [0.1, 0.15) is 11.3 Å². The highest BCUT2D eigenvalue weighted by molar-refractivity contribution is 9.09. The summed E-state index contributed by atoms with van der Waals surface area (Å²) in [5, 5.41) is 0.912. The predicted molar refractivity (Wildman–Crippen MR) is 64.2 cm³/mol. The molecule has 0 N–H and O–H groups in total. The molecule has 0 aliphatic heterocycles. The van der Waals surface area contributed by atoms with Crippen molar-refractivity contribution in [3.8, 4) is 0 Å². The summed E-state index contributed by atoms with van der Waals surface area (Å²) in [6, 6.07) is 2.00. The number of hydrogen-bond donors (Lipinski definition) is 0. The SMILES string of the molecule is Cc1ccoc1CSCCOCCBr. The number of rotatable bonds is 7. The normalized spacial score (nSPS) is 10.7. The summed E-state index contributed by atoms with van der Waals surface area (Å²) in [5.41, 5.74) is 1.24. The molecule has 4 heteroatoms. The number of furan rings is 1. The molecule has 80 valence electrons. The van der Waals surface area contributed by atoms with Gasteiger partial charge in [-0.3, -0.25) is 0 Å². The average Bonchev–Trinajstić information content (AvgIpc) is 2.58. The van der Waals surface area contributed by atoms with Crippen LogP contribution in [-0.4, -0.2) is 24.3 Å². The van der Waals surface area contributed by atoms with E-state index in [0.29, 0.717) is 0 Å². The third kappa shape index (κ3) is 4.53. The first-order valence-electron chi connectivity index (χ1n) is 4.59. The Morgan fingerprint density at radius 3 is 3.00 bits per heavy atom. The van der Waals surface area contributed by atoms with E-state index in [9.17, 15) is 0 Å². The van der Waals surface area contributed by atoms with Gasteiger partial charge in [-0.05, 0) is 18.6 Å². The maximum Gasteiger partial charge on any atom is 0.116 e. The minimum Gasteiger partial charge on any atom is -0.468 e. The third-order valence-electron chi connectivity index (χ3n) is 1.79. The summed E-state index contributed by atoms with van der Waals surface area (Å²) < 4.78 is 10.7. The van der Waals surface area contributed by atoms with Gasteiger partial charge in [-0.1, -0.05) is 15.9 Å². The quantitative estimate of drug-likeness (QED) is 0.565. The summed E-state index contributed by atoms with van der Waals surface area (Å²) in [5.74, 6) is 3.04. The first-order valence-corrected chi connectivity index (χ1v) is 6.86. The first-order chi connectivity index (χ1) is 6.84. The van der Waals surface area contributed by atoms with E-state index in [1.807, 2.05) is 17.8 Å². The zero-order valence-electron chi connectivity index (χ0n) is 8.29. The van der Waals surface area contributed by atoms with Crippen LogP contribution in [0.3, 0.4) is 0 Å². The van der Waals surface area contributed by atoms with Crippen LogP contribution in [0.25, 0.3) is 0 Å². The minimum atomic E-state index is 0.792. The minimum absolute atomic E-state index is 0.792. The molecule has 0 spiro atoms. The van der Waals surface area contributed by atoms with Crippen molar-refractivity contribution in [3.05, 3.63) is 23.7 Å². The molecule has 1 aromatic rings. The van der Waals surface area contributed by atoms with Gasteiger partial charge in [-0.25, -0.2) is 0 Å². The van der Waals surface area contributed by atoms with Gasteiger partial charge in [-0.15, -0.1) is 0 Å². The molecule has 1 aromatic heterocycles. The van der Waals surface area contributed by atoms with Crippen molar-refractivity contribution < 1.29 is 9.15 Å². The molecular formula is C10H15BrO2S. The largest absolute Gasteiger partial charge is 0.468 e. The molecule has 0 atom stereocenters. The van der Waals surface area contributed by atoms with Crippen molar-refractivity contribution in [1.29, 1.82) is 0 Å².